The highest BCUT2D eigenvalue weighted by molar-refractivity contribution is 14.0. The number of halogens is 1. The zero-order chi connectivity index (χ0) is 13.7. The van der Waals surface area contributed by atoms with Crippen molar-refractivity contribution in [3.8, 4) is 0 Å². The number of rotatable bonds is 6. The second kappa shape index (κ2) is 9.04. The van der Waals surface area contributed by atoms with Crippen molar-refractivity contribution >= 4 is 29.9 Å². The molecule has 3 unspecified atom stereocenters. The Morgan fingerprint density at radius 3 is 2.70 bits per heavy atom. The van der Waals surface area contributed by atoms with E-state index in [1.807, 2.05) is 0 Å². The maximum atomic E-state index is 5.87. The molecule has 0 spiro atoms. The summed E-state index contributed by atoms with van der Waals surface area (Å²) in [6, 6.07) is 0.449. The fraction of sp³-hybridized carbons (Fsp3) is 0.929. The summed E-state index contributed by atoms with van der Waals surface area (Å²) in [7, 11) is 4.19. The maximum absolute atomic E-state index is 5.87. The quantitative estimate of drug-likeness (QED) is 0.309. The Kier molecular flexibility index (Phi) is 8.13. The average molecular weight is 396 g/mol. The molecular formula is C14H29IN4O. The summed E-state index contributed by atoms with van der Waals surface area (Å²) < 4.78 is 5.87. The van der Waals surface area contributed by atoms with E-state index >= 15 is 0 Å². The van der Waals surface area contributed by atoms with Gasteiger partial charge in [0.15, 0.2) is 5.96 Å². The van der Waals surface area contributed by atoms with Gasteiger partial charge in [0, 0.05) is 13.1 Å². The van der Waals surface area contributed by atoms with Gasteiger partial charge in [0.1, 0.15) is 0 Å². The number of hydrogen-bond donors (Lipinski definition) is 2. The molecule has 2 bridgehead atoms. The molecule has 3 atom stereocenters. The molecule has 2 heterocycles. The number of hydrogen-bond acceptors (Lipinski definition) is 3. The van der Waals surface area contributed by atoms with Gasteiger partial charge in [0.2, 0.25) is 0 Å². The maximum Gasteiger partial charge on any atom is 0.191 e. The van der Waals surface area contributed by atoms with Crippen molar-refractivity contribution in [1.29, 1.82) is 0 Å². The van der Waals surface area contributed by atoms with E-state index in [2.05, 4.69) is 41.5 Å². The van der Waals surface area contributed by atoms with E-state index in [4.69, 9.17) is 4.74 Å². The zero-order valence-corrected chi connectivity index (χ0v) is 15.2. The van der Waals surface area contributed by atoms with Crippen molar-refractivity contribution in [2.45, 2.75) is 50.9 Å². The lowest BCUT2D eigenvalue weighted by Crippen LogP contribution is -2.47. The molecule has 0 aromatic heterocycles. The Hall–Kier alpha value is -0.0800. The molecule has 118 valence electrons. The molecule has 2 rings (SSSR count). The Balaban J connectivity index is 0.00000200. The Labute approximate surface area is 139 Å². The van der Waals surface area contributed by atoms with E-state index in [-0.39, 0.29) is 24.0 Å². The summed E-state index contributed by atoms with van der Waals surface area (Å²) in [6.45, 7) is 4.96. The van der Waals surface area contributed by atoms with Crippen LogP contribution in [0.25, 0.3) is 0 Å². The predicted octanol–water partition coefficient (Wildman–Crippen LogP) is 1.43. The topological polar surface area (TPSA) is 48.9 Å². The Bertz CT molecular complexity index is 312. The molecule has 2 aliphatic rings. The first-order valence-electron chi connectivity index (χ1n) is 7.54. The fourth-order valence-corrected chi connectivity index (χ4v) is 2.86. The van der Waals surface area contributed by atoms with E-state index in [9.17, 15) is 0 Å². The van der Waals surface area contributed by atoms with Gasteiger partial charge in [-0.25, -0.2) is 0 Å². The molecule has 0 amide bonds. The molecule has 5 nitrogen and oxygen atoms in total. The lowest BCUT2D eigenvalue weighted by Gasteiger charge is -2.22. The van der Waals surface area contributed by atoms with Crippen molar-refractivity contribution < 1.29 is 4.74 Å². The third kappa shape index (κ3) is 5.37. The van der Waals surface area contributed by atoms with Gasteiger partial charge in [0.25, 0.3) is 0 Å². The van der Waals surface area contributed by atoms with Crippen LogP contribution in [0.4, 0.5) is 0 Å². The van der Waals surface area contributed by atoms with Crippen LogP contribution in [0.3, 0.4) is 0 Å². The minimum absolute atomic E-state index is 0. The van der Waals surface area contributed by atoms with Gasteiger partial charge in [0.05, 0.1) is 18.2 Å². The van der Waals surface area contributed by atoms with Crippen LogP contribution in [-0.2, 0) is 4.74 Å². The highest BCUT2D eigenvalue weighted by Gasteiger charge is 2.41. The lowest BCUT2D eigenvalue weighted by atomic mass is 9.96. The third-order valence-electron chi connectivity index (χ3n) is 3.81. The van der Waals surface area contributed by atoms with E-state index in [0.29, 0.717) is 18.2 Å². The van der Waals surface area contributed by atoms with Crippen LogP contribution in [-0.4, -0.2) is 62.8 Å². The smallest absolute Gasteiger partial charge is 0.191 e. The van der Waals surface area contributed by atoms with Crippen molar-refractivity contribution in [3.05, 3.63) is 0 Å². The summed E-state index contributed by atoms with van der Waals surface area (Å²) in [5.41, 5.74) is 0. The molecule has 2 aliphatic heterocycles. The van der Waals surface area contributed by atoms with Crippen LogP contribution in [0.1, 0.15) is 32.6 Å². The first-order chi connectivity index (χ1) is 9.19. The number of aliphatic imine (C=N–C) groups is 1. The fourth-order valence-electron chi connectivity index (χ4n) is 2.86. The molecular weight excluding hydrogens is 367 g/mol. The van der Waals surface area contributed by atoms with E-state index < -0.39 is 0 Å². The molecule has 0 aromatic rings. The lowest BCUT2D eigenvalue weighted by molar-refractivity contribution is 0.0992. The van der Waals surface area contributed by atoms with Gasteiger partial charge in [-0.1, -0.05) is 0 Å². The number of nitrogens with one attached hydrogen (secondary N) is 2. The van der Waals surface area contributed by atoms with Gasteiger partial charge in [-0.05, 0) is 53.2 Å². The van der Waals surface area contributed by atoms with E-state index in [0.717, 1.165) is 38.4 Å². The zero-order valence-electron chi connectivity index (χ0n) is 12.9. The van der Waals surface area contributed by atoms with Gasteiger partial charge < -0.3 is 20.3 Å². The highest BCUT2D eigenvalue weighted by atomic mass is 127. The van der Waals surface area contributed by atoms with Crippen LogP contribution in [0.5, 0.6) is 0 Å². The van der Waals surface area contributed by atoms with Gasteiger partial charge in [-0.2, -0.15) is 0 Å². The molecule has 2 fully saturated rings. The summed E-state index contributed by atoms with van der Waals surface area (Å²) in [5.74, 6) is 0.947. The van der Waals surface area contributed by atoms with E-state index in [1.165, 1.54) is 12.8 Å². The van der Waals surface area contributed by atoms with Crippen LogP contribution >= 0.6 is 24.0 Å². The van der Waals surface area contributed by atoms with Gasteiger partial charge >= 0.3 is 0 Å². The van der Waals surface area contributed by atoms with Crippen LogP contribution in [0, 0.1) is 0 Å². The minimum Gasteiger partial charge on any atom is -0.373 e. The number of nitrogens with zero attached hydrogens (tertiary/aromatic N) is 2. The second-order valence-corrected chi connectivity index (χ2v) is 5.78. The molecule has 0 saturated carbocycles. The van der Waals surface area contributed by atoms with Crippen molar-refractivity contribution in [3.63, 3.8) is 0 Å². The van der Waals surface area contributed by atoms with Crippen molar-refractivity contribution in [1.82, 2.24) is 15.5 Å². The Morgan fingerprint density at radius 2 is 2.15 bits per heavy atom. The highest BCUT2D eigenvalue weighted by Crippen LogP contribution is 2.34. The largest absolute Gasteiger partial charge is 0.373 e. The standard InChI is InChI=1S/C14H28N4O.HI/c1-4-15-14(16-8-5-9-18(2)3)17-12-10-11-6-7-13(12)19-11;/h11-13H,4-10H2,1-3H3,(H2,15,16,17);1H. The van der Waals surface area contributed by atoms with Crippen LogP contribution < -0.4 is 10.6 Å². The predicted molar refractivity (Wildman–Crippen MR) is 94.0 cm³/mol. The number of guanidine groups is 1. The van der Waals surface area contributed by atoms with Gasteiger partial charge in [-0.3, -0.25) is 4.99 Å². The second-order valence-electron chi connectivity index (χ2n) is 5.78. The minimum atomic E-state index is 0. The summed E-state index contributed by atoms with van der Waals surface area (Å²) in [6.07, 6.45) is 5.54. The molecule has 0 aromatic carbocycles. The van der Waals surface area contributed by atoms with Crippen molar-refractivity contribution in [2.75, 3.05) is 33.7 Å². The van der Waals surface area contributed by atoms with Crippen LogP contribution in [0.15, 0.2) is 4.99 Å². The van der Waals surface area contributed by atoms with Gasteiger partial charge in [-0.15, -0.1) is 24.0 Å². The first kappa shape index (κ1) is 18.0. The molecule has 2 N–H and O–H groups in total. The summed E-state index contributed by atoms with van der Waals surface area (Å²) in [5, 5.41) is 6.86. The number of ether oxygens (including phenoxy) is 1. The molecule has 0 aliphatic carbocycles. The molecule has 20 heavy (non-hydrogen) atoms. The Morgan fingerprint density at radius 1 is 1.35 bits per heavy atom. The molecule has 2 saturated heterocycles. The molecule has 6 heteroatoms. The van der Waals surface area contributed by atoms with E-state index in [1.54, 1.807) is 0 Å². The van der Waals surface area contributed by atoms with Crippen molar-refractivity contribution in [2.24, 2.45) is 4.99 Å². The monoisotopic (exact) mass is 396 g/mol. The van der Waals surface area contributed by atoms with Crippen LogP contribution in [0.2, 0.25) is 0 Å². The first-order valence-corrected chi connectivity index (χ1v) is 7.54. The summed E-state index contributed by atoms with van der Waals surface area (Å²) in [4.78, 5) is 6.84. The summed E-state index contributed by atoms with van der Waals surface area (Å²) >= 11 is 0. The third-order valence-corrected chi connectivity index (χ3v) is 3.81. The average Bonchev–Trinajstić information content (AvgIpc) is 2.96. The SMILES string of the molecule is CCNC(=NCCCN(C)C)NC1CC2CCC1O2.I. The molecule has 0 radical (unpaired) electrons. The normalized spacial score (nSPS) is 28.6. The number of fused-ring (bicyclic) bond motifs is 2.